The van der Waals surface area contributed by atoms with E-state index in [1.54, 1.807) is 17.6 Å². The second kappa shape index (κ2) is 15.7. The summed E-state index contributed by atoms with van der Waals surface area (Å²) >= 11 is 4.62. The van der Waals surface area contributed by atoms with Gasteiger partial charge in [0.2, 0.25) is 0 Å². The van der Waals surface area contributed by atoms with Crippen LogP contribution in [0.2, 0.25) is 0 Å². The van der Waals surface area contributed by atoms with Crippen molar-refractivity contribution in [2.24, 2.45) is 0 Å². The molecule has 6 rings (SSSR count). The maximum atomic E-state index is 3.75. The summed E-state index contributed by atoms with van der Waals surface area (Å²) in [7, 11) is 0. The van der Waals surface area contributed by atoms with Gasteiger partial charge in [0.05, 0.1) is 0 Å². The topological polar surface area (TPSA) is 0 Å². The summed E-state index contributed by atoms with van der Waals surface area (Å²) < 4.78 is 5.84. The molecule has 0 amide bonds. The van der Waals surface area contributed by atoms with Crippen molar-refractivity contribution in [2.45, 2.75) is 115 Å². The fraction of sp³-hybridized carbons (Fsp3) is 0.383. The van der Waals surface area contributed by atoms with Crippen LogP contribution in [0.3, 0.4) is 0 Å². The molecule has 2 aliphatic rings. The van der Waals surface area contributed by atoms with Crippen LogP contribution in [0.4, 0.5) is 0 Å². The molecule has 0 heterocycles. The zero-order chi connectivity index (χ0) is 36.6. The molecule has 0 aromatic heterocycles. The number of benzene rings is 4. The summed E-state index contributed by atoms with van der Waals surface area (Å²) in [5, 5.41) is 0. The molecule has 0 atom stereocenters. The molecular formula is C47H54Br2Cl2Zr. The first-order valence-corrected chi connectivity index (χ1v) is 23.6. The Balaban J connectivity index is 0.00000302. The average Bonchev–Trinajstić information content (AvgIpc) is 3.65. The number of allylic oxidation sites excluding steroid dienone is 4. The molecule has 0 unspecified atom stereocenters. The van der Waals surface area contributed by atoms with Crippen molar-refractivity contribution in [3.8, 4) is 11.1 Å². The normalized spacial score (nSPS) is 14.1. The van der Waals surface area contributed by atoms with Crippen LogP contribution in [0.1, 0.15) is 138 Å². The van der Waals surface area contributed by atoms with Gasteiger partial charge < -0.3 is 24.8 Å². The van der Waals surface area contributed by atoms with Crippen LogP contribution in [0.5, 0.6) is 0 Å². The van der Waals surface area contributed by atoms with E-state index in [0.717, 1.165) is 15.4 Å². The van der Waals surface area contributed by atoms with E-state index in [1.807, 2.05) is 0 Å². The third-order valence-corrected chi connectivity index (χ3v) is 19.8. The number of rotatable bonds is 4. The largest absolute Gasteiger partial charge is 1.00 e. The zero-order valence-corrected chi connectivity index (χ0v) is 40.1. The van der Waals surface area contributed by atoms with Crippen LogP contribution >= 0.6 is 31.9 Å². The van der Waals surface area contributed by atoms with Gasteiger partial charge in [-0.25, -0.2) is 0 Å². The van der Waals surface area contributed by atoms with Crippen LogP contribution < -0.4 is 24.8 Å². The molecule has 0 radical (unpaired) electrons. The fourth-order valence-electron chi connectivity index (χ4n) is 7.99. The van der Waals surface area contributed by atoms with E-state index in [4.69, 9.17) is 0 Å². The molecule has 0 N–H and O–H groups in total. The Kier molecular flexibility index (Phi) is 13.1. The number of hydrogen-bond donors (Lipinski definition) is 0. The van der Waals surface area contributed by atoms with Gasteiger partial charge in [0, 0.05) is 0 Å². The minimum absolute atomic E-state index is 0. The van der Waals surface area contributed by atoms with Crippen LogP contribution in [0.25, 0.3) is 11.1 Å². The molecule has 4 aromatic carbocycles. The SMILES string of the molecule is CC(C)(C)c1cc2c(cc1C(C)(C)C)[CH]([Zr+2]([C]1=CC=CC1)=[C](c1ccc(Br)cc1)c1ccc(Br)cc1)c1cc(C(C)(C)C)c(C(C)(C)C)cc1-2.[Cl-].[Cl-]. The molecule has 0 nitrogen and oxygen atoms in total. The number of halogens is 4. The van der Waals surface area contributed by atoms with Crippen molar-refractivity contribution in [1.29, 1.82) is 0 Å². The van der Waals surface area contributed by atoms with Crippen molar-refractivity contribution in [3.63, 3.8) is 0 Å². The second-order valence-electron chi connectivity index (χ2n) is 18.5. The summed E-state index contributed by atoms with van der Waals surface area (Å²) in [6.07, 6.45) is 8.25. The molecule has 0 aliphatic heterocycles. The van der Waals surface area contributed by atoms with E-state index in [0.29, 0.717) is 3.63 Å². The third kappa shape index (κ3) is 8.55. The predicted molar refractivity (Wildman–Crippen MR) is 222 cm³/mol. The Hall–Kier alpha value is -1.35. The van der Waals surface area contributed by atoms with Gasteiger partial charge in [-0.15, -0.1) is 0 Å². The van der Waals surface area contributed by atoms with E-state index < -0.39 is 21.3 Å². The molecular weight excluding hydrogens is 886 g/mol. The molecule has 52 heavy (non-hydrogen) atoms. The molecule has 2 aliphatic carbocycles. The summed E-state index contributed by atoms with van der Waals surface area (Å²) in [6, 6.07) is 28.9. The Labute approximate surface area is 351 Å². The van der Waals surface area contributed by atoms with Gasteiger partial charge in [0.25, 0.3) is 0 Å². The van der Waals surface area contributed by atoms with Crippen LogP contribution in [0.15, 0.2) is 103 Å². The molecule has 5 heteroatoms. The van der Waals surface area contributed by atoms with Crippen LogP contribution in [-0.2, 0) is 42.9 Å². The summed E-state index contributed by atoms with van der Waals surface area (Å²) in [5.74, 6) is 0. The van der Waals surface area contributed by atoms with E-state index in [2.05, 4.69) is 206 Å². The fourth-order valence-corrected chi connectivity index (χ4v) is 17.5. The standard InChI is InChI=1S/C29H41.C13H8Br2.C5H5.2ClH.Zr/c1-26(2,3)22-14-18-13-19-15-23(27(4,5)6)25(29(10,11)12)17-21(19)20(18)16-24(22)28(7,8)9;14-12-5-1-10(2-6-12)9-11-3-7-13(15)8-4-11;1-2-4-5-3-1;;;/h13-17H,1-12H3;1-8H;1-3H,4H2;2*1H;/q;;;;;+2/p-2. The van der Waals surface area contributed by atoms with Gasteiger partial charge in [-0.05, 0) is 0 Å². The Morgan fingerprint density at radius 3 is 1.19 bits per heavy atom. The summed E-state index contributed by atoms with van der Waals surface area (Å²) in [4.78, 5) is 0. The molecule has 0 spiro atoms. The summed E-state index contributed by atoms with van der Waals surface area (Å²) in [6.45, 7) is 28.8. The first-order chi connectivity index (χ1) is 23.2. The maximum Gasteiger partial charge on any atom is -1.00 e. The predicted octanol–water partition coefficient (Wildman–Crippen LogP) is 8.21. The van der Waals surface area contributed by atoms with Crippen molar-refractivity contribution in [2.75, 3.05) is 0 Å². The van der Waals surface area contributed by atoms with Crippen molar-refractivity contribution < 1.29 is 46.1 Å². The zero-order valence-electron chi connectivity index (χ0n) is 33.0. The van der Waals surface area contributed by atoms with Gasteiger partial charge in [0.15, 0.2) is 0 Å². The second-order valence-corrected chi connectivity index (χ2v) is 26.6. The smallest absolute Gasteiger partial charge is 1.00 e. The van der Waals surface area contributed by atoms with Gasteiger partial charge in [-0.2, -0.15) is 0 Å². The molecule has 0 bridgehead atoms. The van der Waals surface area contributed by atoms with E-state index in [9.17, 15) is 0 Å². The quantitative estimate of drug-likeness (QED) is 0.194. The maximum absolute atomic E-state index is 3.75. The van der Waals surface area contributed by atoms with Gasteiger partial charge in [-0.3, -0.25) is 0 Å². The third-order valence-electron chi connectivity index (χ3n) is 10.5. The van der Waals surface area contributed by atoms with Gasteiger partial charge >= 0.3 is 330 Å². The first kappa shape index (κ1) is 43.4. The Morgan fingerprint density at radius 2 is 0.885 bits per heavy atom. The van der Waals surface area contributed by atoms with Crippen LogP contribution in [-0.4, -0.2) is 3.21 Å². The van der Waals surface area contributed by atoms with E-state index >= 15 is 0 Å². The molecule has 0 saturated carbocycles. The Morgan fingerprint density at radius 1 is 0.538 bits per heavy atom. The molecule has 0 saturated heterocycles. The first-order valence-electron chi connectivity index (χ1n) is 18.2. The van der Waals surface area contributed by atoms with Gasteiger partial charge in [-0.1, -0.05) is 0 Å². The average molecular weight is 941 g/mol. The number of hydrogen-bond acceptors (Lipinski definition) is 0. The number of fused-ring (bicyclic) bond motifs is 3. The van der Waals surface area contributed by atoms with E-state index in [-0.39, 0.29) is 46.5 Å². The van der Waals surface area contributed by atoms with Crippen molar-refractivity contribution >= 4 is 35.1 Å². The minimum atomic E-state index is -2.88. The molecule has 4 aromatic rings. The summed E-state index contributed by atoms with van der Waals surface area (Å²) in [5.41, 5.74) is 14.8. The van der Waals surface area contributed by atoms with Crippen molar-refractivity contribution in [3.05, 3.63) is 148 Å². The minimum Gasteiger partial charge on any atom is -1.00 e. The molecule has 0 fully saturated rings. The van der Waals surface area contributed by atoms with Crippen molar-refractivity contribution in [1.82, 2.24) is 0 Å². The van der Waals surface area contributed by atoms with E-state index in [1.165, 1.54) is 44.5 Å². The van der Waals surface area contributed by atoms with Crippen LogP contribution in [0, 0.1) is 0 Å². The monoisotopic (exact) mass is 936 g/mol. The Bertz CT molecular complexity index is 1930. The molecule has 274 valence electrons. The van der Waals surface area contributed by atoms with Gasteiger partial charge in [0.1, 0.15) is 0 Å².